The van der Waals surface area contributed by atoms with Crippen LogP contribution in [-0.2, 0) is 16.9 Å². The molecule has 4 nitrogen and oxygen atoms in total. The zero-order valence-electron chi connectivity index (χ0n) is 18.4. The number of benzene rings is 3. The van der Waals surface area contributed by atoms with Gasteiger partial charge < -0.3 is 14.9 Å². The summed E-state index contributed by atoms with van der Waals surface area (Å²) in [6, 6.07) is 28.4. The molecule has 162 valence electrons. The quantitative estimate of drug-likeness (QED) is 0.536. The van der Waals surface area contributed by atoms with Crippen LogP contribution in [0.15, 0.2) is 91.0 Å². The molecule has 0 aromatic heterocycles. The molecule has 3 rings (SSSR count). The monoisotopic (exact) mass is 416 g/mol. The van der Waals surface area contributed by atoms with Crippen molar-refractivity contribution in [3.8, 4) is 0 Å². The molecule has 31 heavy (non-hydrogen) atoms. The predicted molar refractivity (Wildman–Crippen MR) is 126 cm³/mol. The van der Waals surface area contributed by atoms with E-state index in [9.17, 15) is 9.90 Å². The third-order valence-corrected chi connectivity index (χ3v) is 5.78. The zero-order chi connectivity index (χ0) is 22.1. The van der Waals surface area contributed by atoms with Crippen molar-refractivity contribution >= 4 is 5.91 Å². The number of hydrogen-bond donors (Lipinski definition) is 1. The van der Waals surface area contributed by atoms with E-state index >= 15 is 0 Å². The molecule has 0 saturated carbocycles. The summed E-state index contributed by atoms with van der Waals surface area (Å²) in [5.41, 5.74) is 0.443. The van der Waals surface area contributed by atoms with Crippen LogP contribution in [0.4, 0.5) is 0 Å². The van der Waals surface area contributed by atoms with E-state index in [2.05, 4.69) is 18.7 Å². The first-order valence-corrected chi connectivity index (χ1v) is 11.0. The Bertz CT molecular complexity index is 886. The van der Waals surface area contributed by atoms with Crippen LogP contribution in [0.2, 0.25) is 0 Å². The minimum Gasteiger partial charge on any atom is -0.372 e. The van der Waals surface area contributed by atoms with E-state index in [1.807, 2.05) is 91.0 Å². The fourth-order valence-corrected chi connectivity index (χ4v) is 3.86. The molecule has 3 aromatic carbocycles. The molecule has 0 bridgehead atoms. The Balaban J connectivity index is 2.00. The fraction of sp³-hybridized carbons (Fsp3) is 0.296. The van der Waals surface area contributed by atoms with Gasteiger partial charge in [0.05, 0.1) is 0 Å². The Morgan fingerprint density at radius 3 is 1.65 bits per heavy atom. The second-order valence-electron chi connectivity index (χ2n) is 7.68. The Morgan fingerprint density at radius 2 is 1.19 bits per heavy atom. The van der Waals surface area contributed by atoms with Crippen LogP contribution in [0, 0.1) is 0 Å². The van der Waals surface area contributed by atoms with Crippen molar-refractivity contribution < 1.29 is 9.90 Å². The van der Waals surface area contributed by atoms with Crippen molar-refractivity contribution in [3.63, 3.8) is 0 Å². The van der Waals surface area contributed by atoms with Gasteiger partial charge in [-0.15, -0.1) is 0 Å². The van der Waals surface area contributed by atoms with Gasteiger partial charge in [-0.1, -0.05) is 105 Å². The molecule has 4 heteroatoms. The van der Waals surface area contributed by atoms with Crippen LogP contribution in [0.3, 0.4) is 0 Å². The van der Waals surface area contributed by atoms with Crippen molar-refractivity contribution in [1.29, 1.82) is 0 Å². The topological polar surface area (TPSA) is 43.8 Å². The van der Waals surface area contributed by atoms with Gasteiger partial charge in [0, 0.05) is 19.6 Å². The number of amides is 1. The fourth-order valence-electron chi connectivity index (χ4n) is 3.86. The molecule has 0 radical (unpaired) electrons. The zero-order valence-corrected chi connectivity index (χ0v) is 18.4. The number of rotatable bonds is 10. The molecule has 0 atom stereocenters. The number of nitrogens with zero attached hydrogens (tertiary/aromatic N) is 2. The molecular formula is C27H32N2O2. The molecule has 0 fully saturated rings. The molecule has 0 aliphatic rings. The number of carbonyl (C=O) groups excluding carboxylic acids is 1. The first-order valence-electron chi connectivity index (χ1n) is 11.0. The van der Waals surface area contributed by atoms with E-state index in [0.29, 0.717) is 24.2 Å². The summed E-state index contributed by atoms with van der Waals surface area (Å²) in [6.07, 6.45) is 0. The van der Waals surface area contributed by atoms with Gasteiger partial charge in [-0.3, -0.25) is 4.79 Å². The van der Waals surface area contributed by atoms with Crippen LogP contribution < -0.4 is 0 Å². The van der Waals surface area contributed by atoms with E-state index in [1.54, 1.807) is 4.90 Å². The molecule has 1 amide bonds. The normalized spacial score (nSPS) is 11.5. The molecule has 0 heterocycles. The lowest BCUT2D eigenvalue weighted by Gasteiger charge is -2.35. The largest absolute Gasteiger partial charge is 0.372 e. The SMILES string of the molecule is CCN(CC)CCN(Cc1ccccc1)C(=O)C(O)(c1ccccc1)c1ccccc1. The molecular weight excluding hydrogens is 384 g/mol. The number of aliphatic hydroxyl groups is 1. The Hall–Kier alpha value is -2.95. The summed E-state index contributed by atoms with van der Waals surface area (Å²) in [4.78, 5) is 18.1. The summed E-state index contributed by atoms with van der Waals surface area (Å²) >= 11 is 0. The van der Waals surface area contributed by atoms with Gasteiger partial charge in [0.15, 0.2) is 5.60 Å². The lowest BCUT2D eigenvalue weighted by molar-refractivity contribution is -0.149. The average molecular weight is 417 g/mol. The molecule has 0 saturated heterocycles. The number of hydrogen-bond acceptors (Lipinski definition) is 3. The third kappa shape index (κ3) is 5.40. The lowest BCUT2D eigenvalue weighted by Crippen LogP contribution is -2.49. The Labute approximate surface area is 185 Å². The molecule has 0 spiro atoms. The summed E-state index contributed by atoms with van der Waals surface area (Å²) in [5, 5.41) is 11.9. The minimum absolute atomic E-state index is 0.305. The second-order valence-corrected chi connectivity index (χ2v) is 7.68. The highest BCUT2D eigenvalue weighted by Gasteiger charge is 2.42. The highest BCUT2D eigenvalue weighted by molar-refractivity contribution is 5.90. The first kappa shape index (κ1) is 22.7. The van der Waals surface area contributed by atoms with Gasteiger partial charge in [0.2, 0.25) is 0 Å². The van der Waals surface area contributed by atoms with Gasteiger partial charge in [0.1, 0.15) is 0 Å². The van der Waals surface area contributed by atoms with E-state index in [-0.39, 0.29) is 5.91 Å². The smallest absolute Gasteiger partial charge is 0.264 e. The summed E-state index contributed by atoms with van der Waals surface area (Å²) in [6.45, 7) is 7.83. The van der Waals surface area contributed by atoms with Crippen LogP contribution in [0.5, 0.6) is 0 Å². The number of likely N-dealkylation sites (N-methyl/N-ethyl adjacent to an activating group) is 1. The highest BCUT2D eigenvalue weighted by Crippen LogP contribution is 2.32. The summed E-state index contributed by atoms with van der Waals surface area (Å²) in [5.74, 6) is -0.305. The summed E-state index contributed by atoms with van der Waals surface area (Å²) < 4.78 is 0. The maximum atomic E-state index is 14.0. The highest BCUT2D eigenvalue weighted by atomic mass is 16.3. The average Bonchev–Trinajstić information content (AvgIpc) is 2.84. The van der Waals surface area contributed by atoms with Crippen LogP contribution in [-0.4, -0.2) is 47.0 Å². The first-order chi connectivity index (χ1) is 15.1. The van der Waals surface area contributed by atoms with Crippen molar-refractivity contribution in [3.05, 3.63) is 108 Å². The van der Waals surface area contributed by atoms with E-state index in [4.69, 9.17) is 0 Å². The van der Waals surface area contributed by atoms with Crippen molar-refractivity contribution in [2.75, 3.05) is 26.2 Å². The van der Waals surface area contributed by atoms with Crippen molar-refractivity contribution in [1.82, 2.24) is 9.80 Å². The van der Waals surface area contributed by atoms with Crippen LogP contribution in [0.1, 0.15) is 30.5 Å². The maximum Gasteiger partial charge on any atom is 0.264 e. The van der Waals surface area contributed by atoms with Gasteiger partial charge in [-0.25, -0.2) is 0 Å². The molecule has 1 N–H and O–H groups in total. The van der Waals surface area contributed by atoms with Crippen LogP contribution >= 0.6 is 0 Å². The minimum atomic E-state index is -1.75. The van der Waals surface area contributed by atoms with Gasteiger partial charge >= 0.3 is 0 Å². The van der Waals surface area contributed by atoms with Crippen molar-refractivity contribution in [2.45, 2.75) is 26.0 Å². The number of carbonyl (C=O) groups is 1. The maximum absolute atomic E-state index is 14.0. The van der Waals surface area contributed by atoms with Crippen molar-refractivity contribution in [2.24, 2.45) is 0 Å². The Morgan fingerprint density at radius 1 is 0.742 bits per heavy atom. The Kier molecular flexibility index (Phi) is 7.99. The van der Waals surface area contributed by atoms with E-state index in [0.717, 1.165) is 25.2 Å². The van der Waals surface area contributed by atoms with Crippen LogP contribution in [0.25, 0.3) is 0 Å². The van der Waals surface area contributed by atoms with Gasteiger partial charge in [-0.05, 0) is 29.8 Å². The molecule has 0 aliphatic carbocycles. The van der Waals surface area contributed by atoms with E-state index in [1.165, 1.54) is 0 Å². The molecule has 3 aromatic rings. The predicted octanol–water partition coefficient (Wildman–Crippen LogP) is 4.29. The third-order valence-electron chi connectivity index (χ3n) is 5.78. The molecule has 0 aliphatic heterocycles. The summed E-state index contributed by atoms with van der Waals surface area (Å²) in [7, 11) is 0. The molecule has 0 unspecified atom stereocenters. The van der Waals surface area contributed by atoms with Gasteiger partial charge in [0.25, 0.3) is 5.91 Å². The second kappa shape index (κ2) is 10.9. The van der Waals surface area contributed by atoms with E-state index < -0.39 is 5.60 Å². The lowest BCUT2D eigenvalue weighted by atomic mass is 9.85. The van der Waals surface area contributed by atoms with Gasteiger partial charge in [-0.2, -0.15) is 0 Å². The standard InChI is InChI=1S/C27H32N2O2/c1-3-28(4-2)20-21-29(22-23-14-8-5-9-15-23)26(30)27(31,24-16-10-6-11-17-24)25-18-12-7-13-19-25/h5-19,31H,3-4,20-22H2,1-2H3.